The molecule has 0 bridgehead atoms. The first-order chi connectivity index (χ1) is 12.8. The van der Waals surface area contributed by atoms with Crippen LogP contribution in [0.25, 0.3) is 0 Å². The molecular formula is C16H20N4O7. The van der Waals surface area contributed by atoms with E-state index in [1.165, 1.54) is 0 Å². The van der Waals surface area contributed by atoms with E-state index in [4.69, 9.17) is 14.9 Å². The molecule has 0 unspecified atom stereocenters. The van der Waals surface area contributed by atoms with E-state index in [0.29, 0.717) is 24.8 Å². The zero-order valence-electron chi connectivity index (χ0n) is 14.6. The number of nitrogens with zero attached hydrogens (tertiary/aromatic N) is 3. The van der Waals surface area contributed by atoms with Crippen molar-refractivity contribution in [1.29, 1.82) is 0 Å². The third kappa shape index (κ3) is 8.86. The molecule has 2 rings (SSSR count). The molecule has 1 aliphatic rings. The van der Waals surface area contributed by atoms with E-state index in [1.807, 2.05) is 18.3 Å². The van der Waals surface area contributed by atoms with Gasteiger partial charge in [-0.05, 0) is 11.6 Å². The minimum Gasteiger partial charge on any atom is -0.481 e. The monoisotopic (exact) mass is 380 g/mol. The van der Waals surface area contributed by atoms with Gasteiger partial charge in [0.1, 0.15) is 0 Å². The predicted octanol–water partition coefficient (Wildman–Crippen LogP) is 1.02. The number of aromatic nitrogens is 1. The third-order valence-corrected chi connectivity index (χ3v) is 3.14. The molecule has 0 saturated carbocycles. The number of nitro groups is 1. The molecule has 3 N–H and O–H groups in total. The number of methoxy groups -OCH3 is 1. The van der Waals surface area contributed by atoms with E-state index in [9.17, 15) is 19.7 Å². The van der Waals surface area contributed by atoms with Gasteiger partial charge in [0.15, 0.2) is 5.82 Å². The lowest BCUT2D eigenvalue weighted by atomic mass is 10.2. The summed E-state index contributed by atoms with van der Waals surface area (Å²) in [5, 5.41) is 29.3. The molecule has 0 fully saturated rings. The first-order valence-corrected chi connectivity index (χ1v) is 7.76. The second-order valence-electron chi connectivity index (χ2n) is 5.19. The number of ether oxygens (including phenoxy) is 1. The second kappa shape index (κ2) is 11.1. The van der Waals surface area contributed by atoms with Crippen molar-refractivity contribution in [3.8, 4) is 5.88 Å². The summed E-state index contributed by atoms with van der Waals surface area (Å²) in [4.78, 5) is 35.2. The molecule has 1 aromatic heterocycles. The molecule has 0 aliphatic carbocycles. The van der Waals surface area contributed by atoms with E-state index in [0.717, 1.165) is 11.8 Å². The Labute approximate surface area is 154 Å². The average Bonchev–Trinajstić information content (AvgIpc) is 2.62. The fraction of sp³-hybridized carbons (Fsp3) is 0.312. The lowest BCUT2D eigenvalue weighted by Gasteiger charge is -2.25. The molecule has 0 radical (unpaired) electrons. The van der Waals surface area contributed by atoms with Crippen LogP contribution in [0.15, 0.2) is 42.6 Å². The Kier molecular flexibility index (Phi) is 8.78. The topological polar surface area (TPSA) is 155 Å². The van der Waals surface area contributed by atoms with Gasteiger partial charge in [0.2, 0.25) is 5.88 Å². The Morgan fingerprint density at radius 3 is 2.52 bits per heavy atom. The summed E-state index contributed by atoms with van der Waals surface area (Å²) >= 11 is 0. The van der Waals surface area contributed by atoms with Gasteiger partial charge in [-0.1, -0.05) is 6.07 Å². The van der Waals surface area contributed by atoms with Gasteiger partial charge in [-0.15, -0.1) is 0 Å². The number of pyridine rings is 1. The Bertz CT molecular complexity index is 702. The number of carboxylic acids is 2. The zero-order valence-corrected chi connectivity index (χ0v) is 14.6. The highest BCUT2D eigenvalue weighted by Gasteiger charge is 2.14. The SMILES string of the molecule is COc1ccc(CN2C=CCNC2=C[N+](=O)[O-])cn1.O=C(O)CCC(=O)O. The van der Waals surface area contributed by atoms with Crippen LogP contribution in [0.4, 0.5) is 0 Å². The van der Waals surface area contributed by atoms with Crippen LogP contribution in [0, 0.1) is 10.1 Å². The fourth-order valence-electron chi connectivity index (χ4n) is 1.92. The highest BCUT2D eigenvalue weighted by Crippen LogP contribution is 2.14. The number of rotatable bonds is 7. The van der Waals surface area contributed by atoms with Gasteiger partial charge in [0.05, 0.1) is 31.4 Å². The van der Waals surface area contributed by atoms with E-state index >= 15 is 0 Å². The Hall–Kier alpha value is -3.63. The Morgan fingerprint density at radius 2 is 2.04 bits per heavy atom. The normalized spacial score (nSPS) is 14.0. The minimum absolute atomic E-state index is 0.296. The Balaban J connectivity index is 0.000000387. The molecule has 0 spiro atoms. The van der Waals surface area contributed by atoms with Crippen molar-refractivity contribution in [3.63, 3.8) is 0 Å². The second-order valence-corrected chi connectivity index (χ2v) is 5.19. The quantitative estimate of drug-likeness (QED) is 0.461. The van der Waals surface area contributed by atoms with Crippen LogP contribution in [0.1, 0.15) is 18.4 Å². The number of carbonyl (C=O) groups is 2. The molecule has 0 amide bonds. The first-order valence-electron chi connectivity index (χ1n) is 7.76. The molecule has 1 aliphatic heterocycles. The highest BCUT2D eigenvalue weighted by atomic mass is 16.6. The van der Waals surface area contributed by atoms with Crippen molar-refractivity contribution in [3.05, 3.63) is 58.3 Å². The van der Waals surface area contributed by atoms with E-state index in [-0.39, 0.29) is 12.8 Å². The summed E-state index contributed by atoms with van der Waals surface area (Å²) in [5.41, 5.74) is 0.934. The Morgan fingerprint density at radius 1 is 1.37 bits per heavy atom. The summed E-state index contributed by atoms with van der Waals surface area (Å²) in [6.07, 6.45) is 5.76. The third-order valence-electron chi connectivity index (χ3n) is 3.14. The smallest absolute Gasteiger partial charge is 0.303 e. The van der Waals surface area contributed by atoms with Gasteiger partial charge in [-0.25, -0.2) is 4.98 Å². The molecular weight excluding hydrogens is 360 g/mol. The van der Waals surface area contributed by atoms with Crippen LogP contribution in [0.2, 0.25) is 0 Å². The van der Waals surface area contributed by atoms with Crippen LogP contribution in [-0.4, -0.2) is 50.6 Å². The molecule has 11 nitrogen and oxygen atoms in total. The van der Waals surface area contributed by atoms with Crippen LogP contribution in [-0.2, 0) is 16.1 Å². The summed E-state index contributed by atoms with van der Waals surface area (Å²) in [6, 6.07) is 3.63. The van der Waals surface area contributed by atoms with Gasteiger partial charge < -0.3 is 25.2 Å². The van der Waals surface area contributed by atoms with Crippen molar-refractivity contribution in [1.82, 2.24) is 15.2 Å². The molecule has 1 aromatic rings. The van der Waals surface area contributed by atoms with Gasteiger partial charge >= 0.3 is 11.9 Å². The maximum Gasteiger partial charge on any atom is 0.303 e. The molecule has 146 valence electrons. The zero-order chi connectivity index (χ0) is 20.2. The van der Waals surface area contributed by atoms with Crippen LogP contribution in [0.3, 0.4) is 0 Å². The summed E-state index contributed by atoms with van der Waals surface area (Å²) < 4.78 is 4.98. The average molecular weight is 380 g/mol. The van der Waals surface area contributed by atoms with Crippen LogP contribution in [0.5, 0.6) is 5.88 Å². The van der Waals surface area contributed by atoms with Crippen LogP contribution >= 0.6 is 0 Å². The first kappa shape index (κ1) is 21.4. The van der Waals surface area contributed by atoms with Crippen molar-refractivity contribution in [2.75, 3.05) is 13.7 Å². The lowest BCUT2D eigenvalue weighted by Crippen LogP contribution is -2.32. The molecule has 11 heteroatoms. The van der Waals surface area contributed by atoms with E-state index < -0.39 is 16.9 Å². The molecule has 0 aromatic carbocycles. The number of aliphatic carboxylic acids is 2. The van der Waals surface area contributed by atoms with Crippen molar-refractivity contribution < 1.29 is 29.5 Å². The molecule has 27 heavy (non-hydrogen) atoms. The summed E-state index contributed by atoms with van der Waals surface area (Å²) in [7, 11) is 1.55. The molecule has 2 heterocycles. The summed E-state index contributed by atoms with van der Waals surface area (Å²) in [5.74, 6) is -1.15. The number of hydrogen-bond donors (Lipinski definition) is 3. The van der Waals surface area contributed by atoms with E-state index in [2.05, 4.69) is 10.3 Å². The maximum absolute atomic E-state index is 10.6. The number of hydrogen-bond acceptors (Lipinski definition) is 8. The van der Waals surface area contributed by atoms with E-state index in [1.54, 1.807) is 24.3 Å². The maximum atomic E-state index is 10.6. The number of carboxylic acid groups (broad SMARTS) is 2. The molecule has 0 saturated heterocycles. The summed E-state index contributed by atoms with van der Waals surface area (Å²) in [6.45, 7) is 1.08. The predicted molar refractivity (Wildman–Crippen MR) is 93.1 cm³/mol. The van der Waals surface area contributed by atoms with Gasteiger partial charge in [0.25, 0.3) is 6.20 Å². The van der Waals surface area contributed by atoms with Crippen molar-refractivity contribution in [2.24, 2.45) is 0 Å². The van der Waals surface area contributed by atoms with Crippen LogP contribution < -0.4 is 10.1 Å². The highest BCUT2D eigenvalue weighted by molar-refractivity contribution is 5.75. The lowest BCUT2D eigenvalue weighted by molar-refractivity contribution is -0.404. The van der Waals surface area contributed by atoms with Gasteiger partial charge in [-0.3, -0.25) is 19.7 Å². The largest absolute Gasteiger partial charge is 0.481 e. The minimum atomic E-state index is -1.08. The van der Waals surface area contributed by atoms with Gasteiger partial charge in [0, 0.05) is 25.0 Å². The fourth-order valence-corrected chi connectivity index (χ4v) is 1.92. The van der Waals surface area contributed by atoms with Crippen molar-refractivity contribution in [2.45, 2.75) is 19.4 Å². The van der Waals surface area contributed by atoms with Crippen molar-refractivity contribution >= 4 is 11.9 Å². The standard InChI is InChI=1S/C12H14N4O3.C4H6O4/c1-19-12-4-3-10(7-14-12)8-15-6-2-5-13-11(15)9-16(17)18;5-3(6)1-2-4(7)8/h2-4,6-7,9,13H,5,8H2,1H3;1-2H2,(H,5,6)(H,7,8). The number of nitrogens with one attached hydrogen (secondary N) is 1. The van der Waals surface area contributed by atoms with Gasteiger partial charge in [-0.2, -0.15) is 0 Å². The molecule has 0 atom stereocenters.